The quantitative estimate of drug-likeness (QED) is 0.809. The van der Waals surface area contributed by atoms with Crippen molar-refractivity contribution in [2.45, 2.75) is 13.8 Å². The van der Waals surface area contributed by atoms with Crippen LogP contribution >= 0.6 is 0 Å². The molecule has 0 aliphatic carbocycles. The highest BCUT2D eigenvalue weighted by Crippen LogP contribution is 2.13. The van der Waals surface area contributed by atoms with Gasteiger partial charge in [-0.25, -0.2) is 4.98 Å². The Balaban J connectivity index is 1.89. The Labute approximate surface area is 139 Å². The molecule has 128 valence electrons. The first-order chi connectivity index (χ1) is 11.1. The third kappa shape index (κ3) is 5.18. The van der Waals surface area contributed by atoms with E-state index in [0.29, 0.717) is 12.2 Å². The number of amides is 1. The van der Waals surface area contributed by atoms with Gasteiger partial charge in [-0.2, -0.15) is 0 Å². The summed E-state index contributed by atoms with van der Waals surface area (Å²) in [7, 11) is 2.13. The van der Waals surface area contributed by atoms with Crippen LogP contribution in [0.4, 0.5) is 5.82 Å². The summed E-state index contributed by atoms with van der Waals surface area (Å²) in [5.41, 5.74) is 0.501. The van der Waals surface area contributed by atoms with Gasteiger partial charge in [-0.15, -0.1) is 0 Å². The van der Waals surface area contributed by atoms with Crippen LogP contribution in [0.2, 0.25) is 0 Å². The molecule has 1 aromatic rings. The maximum atomic E-state index is 12.3. The number of nitrogens with zero attached hydrogens (tertiary/aromatic N) is 4. The number of hydrogen-bond donors (Lipinski definition) is 1. The lowest BCUT2D eigenvalue weighted by Gasteiger charge is -2.33. The van der Waals surface area contributed by atoms with Crippen molar-refractivity contribution in [1.29, 1.82) is 0 Å². The van der Waals surface area contributed by atoms with E-state index >= 15 is 0 Å². The third-order valence-electron chi connectivity index (χ3n) is 4.40. The Morgan fingerprint density at radius 2 is 1.91 bits per heavy atom. The van der Waals surface area contributed by atoms with Crippen LogP contribution in [0.3, 0.4) is 0 Å². The lowest BCUT2D eigenvalue weighted by atomic mass is 10.3. The third-order valence-corrected chi connectivity index (χ3v) is 4.40. The second kappa shape index (κ2) is 8.84. The predicted molar refractivity (Wildman–Crippen MR) is 94.1 cm³/mol. The molecule has 0 radical (unpaired) electrons. The normalized spacial score (nSPS) is 15.9. The fraction of sp³-hybridized carbons (Fsp3) is 0.647. The molecule has 2 heterocycles. The minimum atomic E-state index is -0.0897. The van der Waals surface area contributed by atoms with Gasteiger partial charge in [0, 0.05) is 39.3 Å². The van der Waals surface area contributed by atoms with Crippen LogP contribution in [-0.2, 0) is 0 Å². The van der Waals surface area contributed by atoms with Gasteiger partial charge in [-0.05, 0) is 32.3 Å². The van der Waals surface area contributed by atoms with Crippen LogP contribution in [0, 0.1) is 0 Å². The second-order valence-electron chi connectivity index (χ2n) is 5.95. The first-order valence-electron chi connectivity index (χ1n) is 8.55. The van der Waals surface area contributed by atoms with Gasteiger partial charge in [-0.1, -0.05) is 19.9 Å². The molecule has 0 aromatic carbocycles. The van der Waals surface area contributed by atoms with Crippen molar-refractivity contribution in [3.8, 4) is 0 Å². The number of rotatable bonds is 7. The van der Waals surface area contributed by atoms with Crippen molar-refractivity contribution >= 4 is 11.7 Å². The summed E-state index contributed by atoms with van der Waals surface area (Å²) in [5.74, 6) is 0.808. The summed E-state index contributed by atoms with van der Waals surface area (Å²) < 4.78 is 0. The van der Waals surface area contributed by atoms with Gasteiger partial charge in [0.25, 0.3) is 5.91 Å². The van der Waals surface area contributed by atoms with Gasteiger partial charge in [0.2, 0.25) is 0 Å². The molecule has 1 aromatic heterocycles. The molecule has 1 saturated heterocycles. The summed E-state index contributed by atoms with van der Waals surface area (Å²) in [6.45, 7) is 11.8. The molecule has 2 rings (SSSR count). The predicted octanol–water partition coefficient (Wildman–Crippen LogP) is 0.905. The maximum absolute atomic E-state index is 12.3. The van der Waals surface area contributed by atoms with E-state index in [1.54, 1.807) is 6.07 Å². The van der Waals surface area contributed by atoms with Crippen LogP contribution in [0.1, 0.15) is 24.3 Å². The fourth-order valence-corrected chi connectivity index (χ4v) is 2.72. The van der Waals surface area contributed by atoms with Gasteiger partial charge in [0.1, 0.15) is 11.5 Å². The Kier molecular flexibility index (Phi) is 6.80. The Bertz CT molecular complexity index is 496. The highest BCUT2D eigenvalue weighted by molar-refractivity contribution is 5.92. The summed E-state index contributed by atoms with van der Waals surface area (Å²) in [4.78, 5) is 23.6. The van der Waals surface area contributed by atoms with Crippen LogP contribution in [0.15, 0.2) is 18.2 Å². The van der Waals surface area contributed by atoms with Gasteiger partial charge in [0.05, 0.1) is 0 Å². The van der Waals surface area contributed by atoms with Crippen LogP contribution in [0.5, 0.6) is 0 Å². The Hall–Kier alpha value is -1.66. The first-order valence-corrected chi connectivity index (χ1v) is 8.55. The number of likely N-dealkylation sites (N-methyl/N-ethyl adjacent to an activating group) is 2. The average Bonchev–Trinajstić information content (AvgIpc) is 2.59. The monoisotopic (exact) mass is 319 g/mol. The zero-order valence-electron chi connectivity index (χ0n) is 14.6. The molecule has 0 saturated carbocycles. The fourth-order valence-electron chi connectivity index (χ4n) is 2.72. The number of carbonyl (C=O) groups excluding carboxylic acids is 1. The standard InChI is InChI=1S/C17H29N5O/c1-4-21(5-2)10-9-18-17(23)15-7-6-8-16(19-15)22-13-11-20(3)12-14-22/h6-8H,4-5,9-14H2,1-3H3,(H,18,23). The molecule has 0 unspecified atom stereocenters. The van der Waals surface area contributed by atoms with Crippen molar-refractivity contribution in [1.82, 2.24) is 20.1 Å². The van der Waals surface area contributed by atoms with E-state index in [4.69, 9.17) is 0 Å². The number of anilines is 1. The minimum Gasteiger partial charge on any atom is -0.354 e. The molecule has 0 atom stereocenters. The lowest BCUT2D eigenvalue weighted by Crippen LogP contribution is -2.45. The smallest absolute Gasteiger partial charge is 0.270 e. The number of piperazine rings is 1. The highest BCUT2D eigenvalue weighted by atomic mass is 16.1. The number of hydrogen-bond acceptors (Lipinski definition) is 5. The Morgan fingerprint density at radius 3 is 2.57 bits per heavy atom. The molecule has 0 spiro atoms. The van der Waals surface area contributed by atoms with Gasteiger partial charge < -0.3 is 20.0 Å². The van der Waals surface area contributed by atoms with Crippen molar-refractivity contribution in [2.24, 2.45) is 0 Å². The molecule has 1 amide bonds. The van der Waals surface area contributed by atoms with E-state index in [1.165, 1.54) is 0 Å². The number of pyridine rings is 1. The molecule has 0 bridgehead atoms. The zero-order valence-corrected chi connectivity index (χ0v) is 14.6. The van der Waals surface area contributed by atoms with Crippen molar-refractivity contribution in [2.75, 3.05) is 64.3 Å². The second-order valence-corrected chi connectivity index (χ2v) is 5.95. The van der Waals surface area contributed by atoms with Gasteiger partial charge in [0.15, 0.2) is 0 Å². The van der Waals surface area contributed by atoms with Crippen molar-refractivity contribution in [3.63, 3.8) is 0 Å². The van der Waals surface area contributed by atoms with Gasteiger partial charge >= 0.3 is 0 Å². The van der Waals surface area contributed by atoms with E-state index in [9.17, 15) is 4.79 Å². The average molecular weight is 319 g/mol. The number of nitrogens with one attached hydrogen (secondary N) is 1. The largest absolute Gasteiger partial charge is 0.354 e. The summed E-state index contributed by atoms with van der Waals surface area (Å²) in [6, 6.07) is 5.68. The molecule has 6 heteroatoms. The maximum Gasteiger partial charge on any atom is 0.270 e. The van der Waals surface area contributed by atoms with Crippen molar-refractivity contribution in [3.05, 3.63) is 23.9 Å². The molecular weight excluding hydrogens is 290 g/mol. The molecular formula is C17H29N5O. The van der Waals surface area contributed by atoms with Crippen LogP contribution in [-0.4, -0.2) is 80.1 Å². The lowest BCUT2D eigenvalue weighted by molar-refractivity contribution is 0.0944. The van der Waals surface area contributed by atoms with E-state index in [-0.39, 0.29) is 5.91 Å². The van der Waals surface area contributed by atoms with E-state index in [1.807, 2.05) is 12.1 Å². The summed E-state index contributed by atoms with van der Waals surface area (Å²) in [6.07, 6.45) is 0. The molecule has 1 N–H and O–H groups in total. The summed E-state index contributed by atoms with van der Waals surface area (Å²) >= 11 is 0. The Morgan fingerprint density at radius 1 is 1.22 bits per heavy atom. The molecule has 6 nitrogen and oxygen atoms in total. The van der Waals surface area contributed by atoms with Crippen LogP contribution < -0.4 is 10.2 Å². The zero-order chi connectivity index (χ0) is 16.7. The topological polar surface area (TPSA) is 51.7 Å². The molecule has 1 aliphatic heterocycles. The number of aromatic nitrogens is 1. The number of carbonyl (C=O) groups is 1. The molecule has 1 aliphatic rings. The van der Waals surface area contributed by atoms with E-state index in [0.717, 1.165) is 51.6 Å². The van der Waals surface area contributed by atoms with E-state index in [2.05, 4.69) is 45.9 Å². The van der Waals surface area contributed by atoms with Crippen LogP contribution in [0.25, 0.3) is 0 Å². The minimum absolute atomic E-state index is 0.0897. The highest BCUT2D eigenvalue weighted by Gasteiger charge is 2.16. The summed E-state index contributed by atoms with van der Waals surface area (Å²) in [5, 5.41) is 2.97. The SMILES string of the molecule is CCN(CC)CCNC(=O)c1cccc(N2CCN(C)CC2)n1. The van der Waals surface area contributed by atoms with Crippen molar-refractivity contribution < 1.29 is 4.79 Å². The van der Waals surface area contributed by atoms with E-state index < -0.39 is 0 Å². The first kappa shape index (κ1) is 17.7. The van der Waals surface area contributed by atoms with Gasteiger partial charge in [-0.3, -0.25) is 4.79 Å². The molecule has 1 fully saturated rings. The molecule has 23 heavy (non-hydrogen) atoms.